The smallest absolute Gasteiger partial charge is 0.271 e. The van der Waals surface area contributed by atoms with Crippen molar-refractivity contribution in [2.24, 2.45) is 0 Å². The topological polar surface area (TPSA) is 102 Å². The lowest BCUT2D eigenvalue weighted by atomic mass is 10.1. The van der Waals surface area contributed by atoms with Gasteiger partial charge in [-0.25, -0.2) is 0 Å². The van der Waals surface area contributed by atoms with Crippen molar-refractivity contribution >= 4 is 46.6 Å². The SMILES string of the molecule is CCN(CC)c1ccc(/C=C2\Sc3ccccc3C2=O)c(OCC(=O)Nc2cccc([N+](=O)[O-])c2)c1. The van der Waals surface area contributed by atoms with Crippen LogP contribution in [0.15, 0.2) is 76.5 Å². The van der Waals surface area contributed by atoms with Crippen LogP contribution >= 0.6 is 11.8 Å². The van der Waals surface area contributed by atoms with E-state index >= 15 is 0 Å². The number of nitro benzene ring substituents is 1. The third-order valence-electron chi connectivity index (χ3n) is 5.69. The fourth-order valence-corrected chi connectivity index (χ4v) is 4.91. The van der Waals surface area contributed by atoms with Crippen LogP contribution in [-0.4, -0.2) is 36.3 Å². The van der Waals surface area contributed by atoms with Gasteiger partial charge in [0.15, 0.2) is 6.61 Å². The number of Topliss-reactive ketones (excluding diaryl/α,β-unsaturated/α-hetero) is 1. The predicted molar refractivity (Wildman–Crippen MR) is 142 cm³/mol. The summed E-state index contributed by atoms with van der Waals surface area (Å²) in [5.74, 6) is -0.0377. The maximum absolute atomic E-state index is 12.9. The molecule has 1 N–H and O–H groups in total. The highest BCUT2D eigenvalue weighted by Gasteiger charge is 2.25. The second kappa shape index (κ2) is 11.1. The number of anilines is 2. The molecule has 9 heteroatoms. The lowest BCUT2D eigenvalue weighted by Gasteiger charge is -2.22. The number of non-ortho nitro benzene ring substituents is 1. The van der Waals surface area contributed by atoms with Gasteiger partial charge in [0.1, 0.15) is 5.75 Å². The third-order valence-corrected chi connectivity index (χ3v) is 6.79. The van der Waals surface area contributed by atoms with Gasteiger partial charge in [-0.2, -0.15) is 0 Å². The summed E-state index contributed by atoms with van der Waals surface area (Å²) < 4.78 is 5.91. The number of fused-ring (bicyclic) bond motifs is 1. The van der Waals surface area contributed by atoms with E-state index < -0.39 is 10.8 Å². The molecule has 3 aromatic carbocycles. The Morgan fingerprint density at radius 3 is 2.58 bits per heavy atom. The fourth-order valence-electron chi connectivity index (χ4n) is 3.87. The summed E-state index contributed by atoms with van der Waals surface area (Å²) in [5, 5.41) is 13.6. The highest BCUT2D eigenvalue weighted by Crippen LogP contribution is 2.41. The van der Waals surface area contributed by atoms with Crippen LogP contribution in [0.1, 0.15) is 29.8 Å². The Hall–Kier alpha value is -4.11. The molecule has 184 valence electrons. The van der Waals surface area contributed by atoms with Gasteiger partial charge in [-0.3, -0.25) is 19.7 Å². The van der Waals surface area contributed by atoms with Crippen molar-refractivity contribution in [3.05, 3.63) is 92.9 Å². The third kappa shape index (κ3) is 5.58. The summed E-state index contributed by atoms with van der Waals surface area (Å²) in [4.78, 5) is 39.6. The average molecular weight is 504 g/mol. The van der Waals surface area contributed by atoms with E-state index in [-0.39, 0.29) is 18.1 Å². The first-order chi connectivity index (χ1) is 17.4. The average Bonchev–Trinajstić information content (AvgIpc) is 3.20. The summed E-state index contributed by atoms with van der Waals surface area (Å²) in [6.45, 7) is 5.40. The summed E-state index contributed by atoms with van der Waals surface area (Å²) in [6, 6.07) is 18.9. The second-order valence-corrected chi connectivity index (χ2v) is 9.06. The van der Waals surface area contributed by atoms with Gasteiger partial charge in [0.25, 0.3) is 11.6 Å². The molecule has 0 aromatic heterocycles. The Labute approximate surface area is 213 Å². The van der Waals surface area contributed by atoms with E-state index in [0.29, 0.717) is 27.5 Å². The maximum atomic E-state index is 12.9. The van der Waals surface area contributed by atoms with Gasteiger partial charge in [-0.15, -0.1) is 0 Å². The Balaban J connectivity index is 1.57. The number of benzene rings is 3. The van der Waals surface area contributed by atoms with Crippen LogP contribution in [-0.2, 0) is 4.79 Å². The van der Waals surface area contributed by atoms with Crippen LogP contribution in [0.3, 0.4) is 0 Å². The first-order valence-electron chi connectivity index (χ1n) is 11.5. The molecule has 0 radical (unpaired) electrons. The van der Waals surface area contributed by atoms with Gasteiger partial charge in [-0.1, -0.05) is 30.0 Å². The molecule has 0 atom stereocenters. The molecule has 1 aliphatic heterocycles. The molecule has 0 saturated carbocycles. The minimum atomic E-state index is -0.523. The van der Waals surface area contributed by atoms with Crippen molar-refractivity contribution in [1.29, 1.82) is 0 Å². The first-order valence-corrected chi connectivity index (χ1v) is 12.3. The fraction of sp³-hybridized carbons (Fsp3) is 0.185. The number of ketones is 1. The van der Waals surface area contributed by atoms with Crippen LogP contribution in [0.4, 0.5) is 17.1 Å². The standard InChI is InChI=1S/C27H25N3O5S/c1-3-29(4-2)20-13-12-18(14-25-27(32)22-10-5-6-11-24(22)36-25)23(16-20)35-17-26(31)28-19-8-7-9-21(15-19)30(33)34/h5-16H,3-4,17H2,1-2H3,(H,28,31)/b25-14-. The molecule has 0 saturated heterocycles. The Bertz CT molecular complexity index is 1350. The van der Waals surface area contributed by atoms with Gasteiger partial charge in [0.2, 0.25) is 5.78 Å². The number of nitrogens with one attached hydrogen (secondary N) is 1. The highest BCUT2D eigenvalue weighted by molar-refractivity contribution is 8.04. The molecule has 1 aliphatic rings. The van der Waals surface area contributed by atoms with E-state index in [2.05, 4.69) is 24.1 Å². The van der Waals surface area contributed by atoms with Crippen LogP contribution in [0, 0.1) is 10.1 Å². The van der Waals surface area contributed by atoms with Crippen molar-refractivity contribution in [2.45, 2.75) is 18.7 Å². The predicted octanol–water partition coefficient (Wildman–Crippen LogP) is 5.79. The number of hydrogen-bond acceptors (Lipinski definition) is 7. The zero-order chi connectivity index (χ0) is 25.7. The lowest BCUT2D eigenvalue weighted by molar-refractivity contribution is -0.384. The monoisotopic (exact) mass is 503 g/mol. The molecule has 3 aromatic rings. The van der Waals surface area contributed by atoms with Gasteiger partial charge in [0, 0.05) is 58.7 Å². The second-order valence-electron chi connectivity index (χ2n) is 7.97. The van der Waals surface area contributed by atoms with Crippen molar-refractivity contribution in [3.63, 3.8) is 0 Å². The van der Waals surface area contributed by atoms with Gasteiger partial charge in [0.05, 0.1) is 9.83 Å². The zero-order valence-corrected chi connectivity index (χ0v) is 20.7. The van der Waals surface area contributed by atoms with Crippen LogP contribution in [0.5, 0.6) is 5.75 Å². The van der Waals surface area contributed by atoms with Crippen molar-refractivity contribution in [2.75, 3.05) is 29.9 Å². The number of nitro groups is 1. The van der Waals surface area contributed by atoms with Crippen LogP contribution < -0.4 is 15.0 Å². The minimum absolute atomic E-state index is 0.0437. The van der Waals surface area contributed by atoms with Crippen LogP contribution in [0.2, 0.25) is 0 Å². The Kier molecular flexibility index (Phi) is 7.70. The normalized spacial score (nSPS) is 13.4. The van der Waals surface area contributed by atoms with Crippen molar-refractivity contribution in [3.8, 4) is 5.75 Å². The lowest BCUT2D eigenvalue weighted by Crippen LogP contribution is -2.22. The molecule has 0 fully saturated rings. The molecule has 36 heavy (non-hydrogen) atoms. The number of thioether (sulfide) groups is 1. The minimum Gasteiger partial charge on any atom is -0.483 e. The molecular formula is C27H25N3O5S. The van der Waals surface area contributed by atoms with E-state index in [4.69, 9.17) is 4.74 Å². The number of carbonyl (C=O) groups is 2. The molecule has 0 aliphatic carbocycles. The molecule has 1 amide bonds. The molecule has 4 rings (SSSR count). The van der Waals surface area contributed by atoms with Gasteiger partial charge in [-0.05, 0) is 50.3 Å². The summed E-state index contributed by atoms with van der Waals surface area (Å²) in [6.07, 6.45) is 1.78. The number of rotatable bonds is 9. The number of ether oxygens (including phenoxy) is 1. The summed E-state index contributed by atoms with van der Waals surface area (Å²) in [7, 11) is 0. The van der Waals surface area contributed by atoms with Gasteiger partial charge >= 0.3 is 0 Å². The van der Waals surface area contributed by atoms with Crippen LogP contribution in [0.25, 0.3) is 6.08 Å². The number of carbonyl (C=O) groups excluding carboxylic acids is 2. The van der Waals surface area contributed by atoms with Crippen molar-refractivity contribution in [1.82, 2.24) is 0 Å². The maximum Gasteiger partial charge on any atom is 0.271 e. The van der Waals surface area contributed by atoms with E-state index in [9.17, 15) is 19.7 Å². The zero-order valence-electron chi connectivity index (χ0n) is 19.9. The molecule has 0 unspecified atom stereocenters. The first kappa shape index (κ1) is 25.0. The molecule has 0 spiro atoms. The summed E-state index contributed by atoms with van der Waals surface area (Å²) >= 11 is 1.41. The quantitative estimate of drug-likeness (QED) is 0.224. The van der Waals surface area contributed by atoms with Crippen molar-refractivity contribution < 1.29 is 19.2 Å². The molecule has 1 heterocycles. The molecule has 8 nitrogen and oxygen atoms in total. The molecule has 0 bridgehead atoms. The van der Waals surface area contributed by atoms with E-state index in [1.54, 1.807) is 12.1 Å². The van der Waals surface area contributed by atoms with E-state index in [1.807, 2.05) is 42.5 Å². The number of allylic oxidation sites excluding steroid dienone is 1. The highest BCUT2D eigenvalue weighted by atomic mass is 32.2. The van der Waals surface area contributed by atoms with Gasteiger partial charge < -0.3 is 15.0 Å². The summed E-state index contributed by atoms with van der Waals surface area (Å²) in [5.41, 5.74) is 2.48. The van der Waals surface area contributed by atoms with E-state index in [1.165, 1.54) is 30.0 Å². The molecular weight excluding hydrogens is 478 g/mol. The largest absolute Gasteiger partial charge is 0.483 e. The number of hydrogen-bond donors (Lipinski definition) is 1. The number of nitrogens with zero attached hydrogens (tertiary/aromatic N) is 2. The van der Waals surface area contributed by atoms with E-state index in [0.717, 1.165) is 23.7 Å². The number of amides is 1. The Morgan fingerprint density at radius 2 is 1.86 bits per heavy atom. The Morgan fingerprint density at radius 1 is 1.08 bits per heavy atom.